The first-order valence-corrected chi connectivity index (χ1v) is 8.35. The summed E-state index contributed by atoms with van der Waals surface area (Å²) in [5.41, 5.74) is 8.13. The summed E-state index contributed by atoms with van der Waals surface area (Å²) in [5.74, 6) is 0.896. The van der Waals surface area contributed by atoms with Crippen LogP contribution in [0.2, 0.25) is 0 Å². The Morgan fingerprint density at radius 3 is 2.83 bits per heavy atom. The fourth-order valence-electron chi connectivity index (χ4n) is 3.35. The van der Waals surface area contributed by atoms with Crippen LogP contribution in [0, 0.1) is 0 Å². The Hall–Kier alpha value is -2.59. The Morgan fingerprint density at radius 2 is 1.96 bits per heavy atom. The number of aromatic nitrogens is 1. The first kappa shape index (κ1) is 15.0. The molecule has 1 atom stereocenters. The maximum atomic E-state index is 6.29. The molecule has 0 aliphatic carbocycles. The quantitative estimate of drug-likeness (QED) is 0.748. The number of likely N-dealkylation sites (tertiary alicyclic amines) is 1. The van der Waals surface area contributed by atoms with E-state index in [2.05, 4.69) is 40.2 Å². The molecule has 24 heavy (non-hydrogen) atoms. The number of hydrogen-bond donors (Lipinski definition) is 1. The van der Waals surface area contributed by atoms with E-state index in [1.54, 1.807) is 12.4 Å². The molecule has 0 amide bonds. The van der Waals surface area contributed by atoms with Crippen LogP contribution in [0.1, 0.15) is 12.0 Å². The highest BCUT2D eigenvalue weighted by Gasteiger charge is 2.24. The van der Waals surface area contributed by atoms with E-state index in [1.807, 2.05) is 18.2 Å². The SMILES string of the molecule is Nc1ccc(OC2CCN(Cc3ccccc3)C2)c2ccncc12. The molecule has 4 heteroatoms. The molecule has 4 rings (SSSR count). The lowest BCUT2D eigenvalue weighted by Crippen LogP contribution is -2.24. The molecule has 2 aromatic carbocycles. The summed E-state index contributed by atoms with van der Waals surface area (Å²) in [6, 6.07) is 16.4. The molecule has 1 fully saturated rings. The summed E-state index contributed by atoms with van der Waals surface area (Å²) in [5, 5.41) is 1.99. The van der Waals surface area contributed by atoms with E-state index in [9.17, 15) is 0 Å². The van der Waals surface area contributed by atoms with Crippen molar-refractivity contribution in [3.05, 3.63) is 66.5 Å². The zero-order valence-corrected chi connectivity index (χ0v) is 13.6. The van der Waals surface area contributed by atoms with Gasteiger partial charge in [0.25, 0.3) is 0 Å². The van der Waals surface area contributed by atoms with Crippen molar-refractivity contribution in [1.29, 1.82) is 0 Å². The van der Waals surface area contributed by atoms with E-state index in [-0.39, 0.29) is 6.10 Å². The molecule has 0 saturated carbocycles. The van der Waals surface area contributed by atoms with Gasteiger partial charge < -0.3 is 10.5 Å². The number of anilines is 1. The Kier molecular flexibility index (Phi) is 4.05. The molecule has 1 aromatic heterocycles. The zero-order valence-electron chi connectivity index (χ0n) is 13.6. The summed E-state index contributed by atoms with van der Waals surface area (Å²) in [4.78, 5) is 6.61. The first-order chi connectivity index (χ1) is 11.8. The molecule has 0 spiro atoms. The average Bonchev–Trinajstić information content (AvgIpc) is 3.05. The second-order valence-electron chi connectivity index (χ2n) is 6.32. The van der Waals surface area contributed by atoms with Crippen LogP contribution in [-0.2, 0) is 6.54 Å². The predicted octanol–water partition coefficient (Wildman–Crippen LogP) is 3.47. The number of nitrogens with two attached hydrogens (primary N) is 1. The average molecular weight is 319 g/mol. The van der Waals surface area contributed by atoms with Crippen LogP contribution in [0.4, 0.5) is 5.69 Å². The van der Waals surface area contributed by atoms with Crippen molar-refractivity contribution in [3.63, 3.8) is 0 Å². The number of pyridine rings is 1. The molecule has 4 nitrogen and oxygen atoms in total. The first-order valence-electron chi connectivity index (χ1n) is 8.35. The van der Waals surface area contributed by atoms with Crippen LogP contribution in [0.5, 0.6) is 5.75 Å². The fraction of sp³-hybridized carbons (Fsp3) is 0.250. The van der Waals surface area contributed by atoms with Gasteiger partial charge in [0.2, 0.25) is 0 Å². The molecule has 0 bridgehead atoms. The molecule has 1 aliphatic rings. The molecular weight excluding hydrogens is 298 g/mol. The summed E-state index contributed by atoms with van der Waals surface area (Å²) in [6.07, 6.45) is 4.84. The van der Waals surface area contributed by atoms with Crippen LogP contribution in [0.15, 0.2) is 60.9 Å². The van der Waals surface area contributed by atoms with Gasteiger partial charge in [0, 0.05) is 48.5 Å². The minimum Gasteiger partial charge on any atom is -0.488 e. The van der Waals surface area contributed by atoms with E-state index in [0.29, 0.717) is 0 Å². The van der Waals surface area contributed by atoms with Gasteiger partial charge in [0.05, 0.1) is 0 Å². The fourth-order valence-corrected chi connectivity index (χ4v) is 3.35. The minimum absolute atomic E-state index is 0.216. The maximum Gasteiger partial charge on any atom is 0.127 e. The number of fused-ring (bicyclic) bond motifs is 1. The van der Waals surface area contributed by atoms with E-state index >= 15 is 0 Å². The third-order valence-electron chi connectivity index (χ3n) is 4.58. The maximum absolute atomic E-state index is 6.29. The van der Waals surface area contributed by atoms with E-state index < -0.39 is 0 Å². The van der Waals surface area contributed by atoms with Gasteiger partial charge in [-0.2, -0.15) is 0 Å². The normalized spacial score (nSPS) is 18.1. The molecule has 3 aromatic rings. The topological polar surface area (TPSA) is 51.4 Å². The Morgan fingerprint density at radius 1 is 1.08 bits per heavy atom. The largest absolute Gasteiger partial charge is 0.488 e. The van der Waals surface area contributed by atoms with Crippen molar-refractivity contribution in [2.75, 3.05) is 18.8 Å². The Labute approximate surface area is 141 Å². The van der Waals surface area contributed by atoms with Gasteiger partial charge in [0.15, 0.2) is 0 Å². The number of benzene rings is 2. The van der Waals surface area contributed by atoms with Crippen molar-refractivity contribution < 1.29 is 4.74 Å². The molecule has 0 radical (unpaired) electrons. The predicted molar refractivity (Wildman–Crippen MR) is 96.9 cm³/mol. The third-order valence-corrected chi connectivity index (χ3v) is 4.58. The third kappa shape index (κ3) is 3.05. The summed E-state index contributed by atoms with van der Waals surface area (Å²) in [6.45, 7) is 2.99. The van der Waals surface area contributed by atoms with Crippen LogP contribution < -0.4 is 10.5 Å². The van der Waals surface area contributed by atoms with Gasteiger partial charge >= 0.3 is 0 Å². The second-order valence-corrected chi connectivity index (χ2v) is 6.32. The van der Waals surface area contributed by atoms with Crippen LogP contribution in [-0.4, -0.2) is 29.1 Å². The van der Waals surface area contributed by atoms with Gasteiger partial charge in [0.1, 0.15) is 11.9 Å². The van der Waals surface area contributed by atoms with Crippen molar-refractivity contribution in [1.82, 2.24) is 9.88 Å². The highest BCUT2D eigenvalue weighted by molar-refractivity contribution is 5.96. The van der Waals surface area contributed by atoms with E-state index in [4.69, 9.17) is 10.5 Å². The van der Waals surface area contributed by atoms with Gasteiger partial charge in [-0.15, -0.1) is 0 Å². The summed E-state index contributed by atoms with van der Waals surface area (Å²) in [7, 11) is 0. The second kappa shape index (κ2) is 6.49. The molecule has 1 saturated heterocycles. The van der Waals surface area contributed by atoms with Crippen molar-refractivity contribution in [2.24, 2.45) is 0 Å². The lowest BCUT2D eigenvalue weighted by atomic mass is 10.1. The molecule has 2 N–H and O–H groups in total. The minimum atomic E-state index is 0.216. The van der Waals surface area contributed by atoms with Crippen molar-refractivity contribution in [2.45, 2.75) is 19.1 Å². The van der Waals surface area contributed by atoms with Gasteiger partial charge in [-0.05, 0) is 30.2 Å². The molecular formula is C20H21N3O. The molecule has 122 valence electrons. The lowest BCUT2D eigenvalue weighted by molar-refractivity contribution is 0.200. The van der Waals surface area contributed by atoms with Gasteiger partial charge in [-0.25, -0.2) is 0 Å². The Balaban J connectivity index is 1.46. The highest BCUT2D eigenvalue weighted by Crippen LogP contribution is 2.31. The summed E-state index contributed by atoms with van der Waals surface area (Å²) < 4.78 is 6.29. The number of nitrogen functional groups attached to an aromatic ring is 1. The monoisotopic (exact) mass is 319 g/mol. The smallest absolute Gasteiger partial charge is 0.127 e. The zero-order chi connectivity index (χ0) is 16.4. The van der Waals surface area contributed by atoms with Crippen LogP contribution in [0.25, 0.3) is 10.8 Å². The molecule has 2 heterocycles. The van der Waals surface area contributed by atoms with Crippen molar-refractivity contribution in [3.8, 4) is 5.75 Å². The van der Waals surface area contributed by atoms with Gasteiger partial charge in [-0.1, -0.05) is 30.3 Å². The standard InChI is InChI=1S/C20H21N3O/c21-19-6-7-20(17-8-10-22-12-18(17)19)24-16-9-11-23(14-16)13-15-4-2-1-3-5-15/h1-8,10,12,16H,9,11,13-14,21H2. The van der Waals surface area contributed by atoms with Crippen LogP contribution >= 0.6 is 0 Å². The summed E-state index contributed by atoms with van der Waals surface area (Å²) >= 11 is 0. The van der Waals surface area contributed by atoms with E-state index in [0.717, 1.165) is 48.3 Å². The number of nitrogens with zero attached hydrogens (tertiary/aromatic N) is 2. The van der Waals surface area contributed by atoms with Crippen molar-refractivity contribution >= 4 is 16.5 Å². The number of ether oxygens (including phenoxy) is 1. The number of hydrogen-bond acceptors (Lipinski definition) is 4. The Bertz CT molecular complexity index is 835. The number of rotatable bonds is 4. The highest BCUT2D eigenvalue weighted by atomic mass is 16.5. The molecule has 1 unspecified atom stereocenters. The lowest BCUT2D eigenvalue weighted by Gasteiger charge is -2.18. The molecule has 1 aliphatic heterocycles. The van der Waals surface area contributed by atoms with Gasteiger partial charge in [-0.3, -0.25) is 9.88 Å². The van der Waals surface area contributed by atoms with E-state index in [1.165, 1.54) is 5.56 Å². The van der Waals surface area contributed by atoms with Crippen LogP contribution in [0.3, 0.4) is 0 Å².